The Labute approximate surface area is 149 Å². The van der Waals surface area contributed by atoms with Crippen molar-refractivity contribution in [3.05, 3.63) is 75.8 Å². The molecule has 0 aromatic heterocycles. The average molecular weight is 384 g/mol. The number of carbonyl (C=O) groups excluding carboxylic acids is 1. The van der Waals surface area contributed by atoms with Gasteiger partial charge in [-0.2, -0.15) is 0 Å². The maximum atomic E-state index is 11.8. The van der Waals surface area contributed by atoms with E-state index in [9.17, 15) is 4.79 Å². The number of halogens is 1. The number of fused-ring (bicyclic) bond motifs is 3. The third-order valence-corrected chi connectivity index (χ3v) is 5.48. The third-order valence-electron chi connectivity index (χ3n) is 4.99. The number of hydrogen-bond acceptors (Lipinski definition) is 3. The van der Waals surface area contributed by atoms with Crippen molar-refractivity contribution in [1.82, 2.24) is 0 Å². The number of methoxy groups -OCH3 is 1. The maximum absolute atomic E-state index is 11.8. The monoisotopic (exact) mass is 383 g/mol. The van der Waals surface area contributed by atoms with Gasteiger partial charge < -0.3 is 10.1 Å². The molecule has 2 aromatic carbocycles. The lowest BCUT2D eigenvalue weighted by Crippen LogP contribution is -2.29. The van der Waals surface area contributed by atoms with Crippen LogP contribution in [0.15, 0.2) is 59.1 Å². The largest absolute Gasteiger partial charge is 0.465 e. The fraction of sp³-hybridized carbons (Fsp3) is 0.250. The second-order valence-electron chi connectivity index (χ2n) is 6.32. The number of carbonyl (C=O) groups is 1. The van der Waals surface area contributed by atoms with Crippen LogP contribution in [0.5, 0.6) is 0 Å². The Hall–Kier alpha value is -2.07. The van der Waals surface area contributed by atoms with E-state index in [1.165, 1.54) is 18.2 Å². The maximum Gasteiger partial charge on any atom is 0.337 e. The second kappa shape index (κ2) is 6.10. The molecule has 3 atom stereocenters. The number of rotatable bonds is 2. The highest BCUT2D eigenvalue weighted by molar-refractivity contribution is 9.10. The van der Waals surface area contributed by atoms with Crippen molar-refractivity contribution >= 4 is 27.6 Å². The van der Waals surface area contributed by atoms with E-state index in [1.54, 1.807) is 0 Å². The summed E-state index contributed by atoms with van der Waals surface area (Å²) in [5.41, 5.74) is 4.17. The molecule has 0 spiro atoms. The van der Waals surface area contributed by atoms with Gasteiger partial charge in [-0.15, -0.1) is 0 Å². The zero-order valence-electron chi connectivity index (χ0n) is 13.3. The van der Waals surface area contributed by atoms with Crippen LogP contribution in [0.1, 0.15) is 39.9 Å². The molecule has 0 fully saturated rings. The van der Waals surface area contributed by atoms with E-state index >= 15 is 0 Å². The summed E-state index contributed by atoms with van der Waals surface area (Å²) in [5, 5.41) is 3.68. The van der Waals surface area contributed by atoms with Crippen molar-refractivity contribution in [1.29, 1.82) is 0 Å². The molecule has 0 saturated carbocycles. The van der Waals surface area contributed by atoms with Crippen LogP contribution in [0.2, 0.25) is 0 Å². The van der Waals surface area contributed by atoms with E-state index in [0.29, 0.717) is 17.4 Å². The summed E-state index contributed by atoms with van der Waals surface area (Å²) in [4.78, 5) is 11.8. The van der Waals surface area contributed by atoms with Crippen LogP contribution in [0.25, 0.3) is 0 Å². The Morgan fingerprint density at radius 3 is 2.92 bits per heavy atom. The molecule has 122 valence electrons. The van der Waals surface area contributed by atoms with Crippen molar-refractivity contribution < 1.29 is 9.53 Å². The number of esters is 1. The number of anilines is 1. The van der Waals surface area contributed by atoms with Crippen molar-refractivity contribution in [2.45, 2.75) is 18.4 Å². The van der Waals surface area contributed by atoms with Crippen LogP contribution in [-0.4, -0.2) is 13.1 Å². The van der Waals surface area contributed by atoms with Crippen molar-refractivity contribution in [3.63, 3.8) is 0 Å². The van der Waals surface area contributed by atoms with Crippen molar-refractivity contribution in [2.75, 3.05) is 12.4 Å². The van der Waals surface area contributed by atoms with E-state index in [0.717, 1.165) is 16.6 Å². The number of allylic oxidation sites excluding steroid dienone is 2. The fourth-order valence-electron chi connectivity index (χ4n) is 3.87. The molecular weight excluding hydrogens is 366 g/mol. The van der Waals surface area contributed by atoms with Gasteiger partial charge in [0.05, 0.1) is 18.7 Å². The molecule has 2 aromatic rings. The summed E-state index contributed by atoms with van der Waals surface area (Å²) < 4.78 is 5.95. The van der Waals surface area contributed by atoms with Crippen LogP contribution in [-0.2, 0) is 4.74 Å². The zero-order chi connectivity index (χ0) is 16.7. The summed E-state index contributed by atoms with van der Waals surface area (Å²) >= 11 is 3.57. The van der Waals surface area contributed by atoms with Crippen LogP contribution in [0.4, 0.5) is 5.69 Å². The molecule has 0 saturated heterocycles. The van der Waals surface area contributed by atoms with Crippen molar-refractivity contribution in [2.24, 2.45) is 5.92 Å². The molecule has 0 bridgehead atoms. The number of nitrogens with one attached hydrogen (secondary N) is 1. The third kappa shape index (κ3) is 2.55. The molecule has 3 nitrogen and oxygen atoms in total. The molecule has 4 heteroatoms. The predicted octanol–water partition coefficient (Wildman–Crippen LogP) is 5.06. The predicted molar refractivity (Wildman–Crippen MR) is 98.3 cm³/mol. The van der Waals surface area contributed by atoms with Crippen LogP contribution < -0.4 is 5.32 Å². The topological polar surface area (TPSA) is 38.3 Å². The minimum Gasteiger partial charge on any atom is -0.465 e. The van der Waals surface area contributed by atoms with Gasteiger partial charge in [-0.3, -0.25) is 0 Å². The normalized spacial score (nSPS) is 24.0. The molecule has 0 unspecified atom stereocenters. The minimum atomic E-state index is -0.287. The number of ether oxygens (including phenoxy) is 1. The lowest BCUT2D eigenvalue weighted by atomic mass is 9.76. The minimum absolute atomic E-state index is 0.263. The standard InChI is InChI=1S/C20H18BrNO2/c1-24-20(23)13-8-9-18-17(11-13)15-6-3-7-16(15)19(22-18)12-4-2-5-14(21)10-12/h2-6,8-11,15-16,19,22H,7H2,1H3/t15-,16-,19+/m1/s1. The van der Waals surface area contributed by atoms with E-state index in [-0.39, 0.29) is 12.0 Å². The fourth-order valence-corrected chi connectivity index (χ4v) is 4.29. The first-order valence-electron chi connectivity index (χ1n) is 8.08. The van der Waals surface area contributed by atoms with Crippen LogP contribution in [0.3, 0.4) is 0 Å². The first kappa shape index (κ1) is 15.5. The zero-order valence-corrected chi connectivity index (χ0v) is 14.9. The van der Waals surface area contributed by atoms with Gasteiger partial charge in [0.15, 0.2) is 0 Å². The Bertz CT molecular complexity index is 830. The highest BCUT2D eigenvalue weighted by Gasteiger charge is 2.38. The van der Waals surface area contributed by atoms with Gasteiger partial charge in [0.1, 0.15) is 0 Å². The molecule has 1 aliphatic carbocycles. The summed E-state index contributed by atoms with van der Waals surface area (Å²) in [5.74, 6) is 0.500. The van der Waals surface area contributed by atoms with E-state index in [4.69, 9.17) is 4.74 Å². The van der Waals surface area contributed by atoms with Gasteiger partial charge in [0.25, 0.3) is 0 Å². The molecule has 0 amide bonds. The lowest BCUT2D eigenvalue weighted by molar-refractivity contribution is 0.0600. The van der Waals surface area contributed by atoms with Crippen LogP contribution >= 0.6 is 15.9 Å². The van der Waals surface area contributed by atoms with Crippen molar-refractivity contribution in [3.8, 4) is 0 Å². The molecule has 2 aliphatic rings. The average Bonchev–Trinajstić information content (AvgIpc) is 3.10. The number of benzene rings is 2. The molecule has 24 heavy (non-hydrogen) atoms. The van der Waals surface area contributed by atoms with Gasteiger partial charge in [-0.05, 0) is 53.8 Å². The van der Waals surface area contributed by atoms with Gasteiger partial charge in [-0.1, -0.05) is 40.2 Å². The molecule has 1 N–H and O–H groups in total. The quantitative estimate of drug-likeness (QED) is 0.581. The molecule has 1 aliphatic heterocycles. The van der Waals surface area contributed by atoms with Gasteiger partial charge in [-0.25, -0.2) is 4.79 Å². The highest BCUT2D eigenvalue weighted by atomic mass is 79.9. The van der Waals surface area contributed by atoms with E-state index < -0.39 is 0 Å². The summed E-state index contributed by atoms with van der Waals surface area (Å²) in [6, 6.07) is 14.5. The summed E-state index contributed by atoms with van der Waals surface area (Å²) in [7, 11) is 1.42. The highest BCUT2D eigenvalue weighted by Crippen LogP contribution is 2.50. The molecule has 4 rings (SSSR count). The Morgan fingerprint density at radius 2 is 2.12 bits per heavy atom. The van der Waals surface area contributed by atoms with Crippen LogP contribution in [0, 0.1) is 5.92 Å². The Kier molecular flexibility index (Phi) is 3.93. The lowest BCUT2D eigenvalue weighted by Gasteiger charge is -2.37. The molecular formula is C20H18BrNO2. The smallest absolute Gasteiger partial charge is 0.337 e. The van der Waals surface area contributed by atoms with Gasteiger partial charge in [0, 0.05) is 16.1 Å². The number of hydrogen-bond donors (Lipinski definition) is 1. The first-order valence-corrected chi connectivity index (χ1v) is 8.87. The SMILES string of the molecule is COC(=O)c1ccc2c(c1)[C@@H]1C=CC[C@H]1[C@H](c1cccc(Br)c1)N2. The van der Waals surface area contributed by atoms with Gasteiger partial charge >= 0.3 is 5.97 Å². The van der Waals surface area contributed by atoms with E-state index in [1.807, 2.05) is 24.3 Å². The van der Waals surface area contributed by atoms with Gasteiger partial charge in [0.2, 0.25) is 0 Å². The first-order chi connectivity index (χ1) is 11.7. The molecule has 0 radical (unpaired) electrons. The Balaban J connectivity index is 1.76. The summed E-state index contributed by atoms with van der Waals surface area (Å²) in [6.45, 7) is 0. The summed E-state index contributed by atoms with van der Waals surface area (Å²) in [6.07, 6.45) is 5.56. The Morgan fingerprint density at radius 1 is 1.25 bits per heavy atom. The second-order valence-corrected chi connectivity index (χ2v) is 7.24. The molecule has 1 heterocycles. The van der Waals surface area contributed by atoms with E-state index in [2.05, 4.69) is 51.6 Å².